The number of piperidine rings is 1. The number of benzene rings is 1. The molecule has 1 aliphatic carbocycles. The Kier molecular flexibility index (Phi) is 5.37. The van der Waals surface area contributed by atoms with Gasteiger partial charge in [0.1, 0.15) is 0 Å². The topological polar surface area (TPSA) is 58.1 Å². The maximum absolute atomic E-state index is 12.5. The summed E-state index contributed by atoms with van der Waals surface area (Å²) in [7, 11) is 0. The van der Waals surface area contributed by atoms with Crippen molar-refractivity contribution in [2.75, 3.05) is 18.0 Å². The van der Waals surface area contributed by atoms with E-state index in [-0.39, 0.29) is 11.8 Å². The molecule has 4 rings (SSSR count). The molecule has 1 aromatic carbocycles. The highest BCUT2D eigenvalue weighted by molar-refractivity contribution is 5.79. The Bertz CT molecular complexity index is 775. The number of aryl methyl sites for hydroxylation is 1. The van der Waals surface area contributed by atoms with Crippen LogP contribution in [-0.2, 0) is 4.79 Å². The molecule has 1 saturated heterocycles. The van der Waals surface area contributed by atoms with Crippen molar-refractivity contribution in [3.8, 4) is 11.3 Å². The van der Waals surface area contributed by atoms with E-state index in [2.05, 4.69) is 39.5 Å². The monoisotopic (exact) mass is 364 g/mol. The highest BCUT2D eigenvalue weighted by atomic mass is 16.1. The van der Waals surface area contributed by atoms with E-state index in [0.717, 1.165) is 55.8 Å². The molecule has 1 aromatic heterocycles. The molecule has 1 N–H and O–H groups in total. The van der Waals surface area contributed by atoms with Gasteiger partial charge in [-0.05, 0) is 50.3 Å². The second-order valence-electron chi connectivity index (χ2n) is 7.84. The predicted molar refractivity (Wildman–Crippen MR) is 108 cm³/mol. The molecule has 27 heavy (non-hydrogen) atoms. The molecule has 1 aliphatic heterocycles. The van der Waals surface area contributed by atoms with Gasteiger partial charge in [-0.25, -0.2) is 0 Å². The Labute approximate surface area is 161 Å². The Balaban J connectivity index is 1.34. The molecule has 5 heteroatoms. The zero-order chi connectivity index (χ0) is 18.6. The van der Waals surface area contributed by atoms with Crippen molar-refractivity contribution in [3.63, 3.8) is 0 Å². The van der Waals surface area contributed by atoms with Crippen LogP contribution in [0.2, 0.25) is 0 Å². The molecule has 2 heterocycles. The van der Waals surface area contributed by atoms with Gasteiger partial charge in [0.2, 0.25) is 5.91 Å². The van der Waals surface area contributed by atoms with E-state index in [1.807, 2.05) is 24.3 Å². The van der Waals surface area contributed by atoms with E-state index in [0.29, 0.717) is 6.04 Å². The number of carbonyl (C=O) groups is 1. The van der Waals surface area contributed by atoms with Crippen LogP contribution in [0.25, 0.3) is 11.3 Å². The maximum Gasteiger partial charge on any atom is 0.223 e. The second-order valence-corrected chi connectivity index (χ2v) is 7.84. The number of hydrogen-bond donors (Lipinski definition) is 1. The van der Waals surface area contributed by atoms with Crippen molar-refractivity contribution in [3.05, 3.63) is 42.0 Å². The van der Waals surface area contributed by atoms with Crippen LogP contribution in [0.5, 0.6) is 0 Å². The highest BCUT2D eigenvalue weighted by Crippen LogP contribution is 2.25. The molecule has 0 bridgehead atoms. The zero-order valence-electron chi connectivity index (χ0n) is 16.0. The Morgan fingerprint density at radius 3 is 2.41 bits per heavy atom. The summed E-state index contributed by atoms with van der Waals surface area (Å²) in [6.45, 7) is 3.81. The fraction of sp³-hybridized carbons (Fsp3) is 0.500. The molecule has 0 atom stereocenters. The molecule has 2 aliphatic rings. The van der Waals surface area contributed by atoms with Gasteiger partial charge >= 0.3 is 0 Å². The number of rotatable bonds is 4. The van der Waals surface area contributed by atoms with Gasteiger partial charge in [-0.1, -0.05) is 37.1 Å². The lowest BCUT2D eigenvalue weighted by Gasteiger charge is -2.32. The summed E-state index contributed by atoms with van der Waals surface area (Å²) < 4.78 is 0. The van der Waals surface area contributed by atoms with Crippen LogP contribution >= 0.6 is 0 Å². The third-order valence-corrected chi connectivity index (χ3v) is 5.96. The number of amides is 1. The number of nitrogens with one attached hydrogen (secondary N) is 1. The molecule has 0 radical (unpaired) electrons. The van der Waals surface area contributed by atoms with Crippen molar-refractivity contribution in [1.29, 1.82) is 0 Å². The minimum atomic E-state index is 0.140. The van der Waals surface area contributed by atoms with Crippen molar-refractivity contribution in [2.45, 2.75) is 51.5 Å². The molecule has 5 nitrogen and oxygen atoms in total. The molecule has 0 spiro atoms. The summed E-state index contributed by atoms with van der Waals surface area (Å²) in [6.07, 6.45) is 6.57. The standard InChI is InChI=1S/C22H28N4O/c1-16-6-2-5-9-19(16)20-10-11-21(25-24-20)26-14-12-17(13-15-26)22(27)23-18-7-3-4-8-18/h2,5-6,9-11,17-18H,3-4,7-8,12-15H2,1H3,(H,23,27). The van der Waals surface area contributed by atoms with E-state index >= 15 is 0 Å². The third-order valence-electron chi connectivity index (χ3n) is 5.96. The highest BCUT2D eigenvalue weighted by Gasteiger charge is 2.28. The molecule has 2 aromatic rings. The van der Waals surface area contributed by atoms with Gasteiger partial charge in [-0.3, -0.25) is 4.79 Å². The molecule has 1 amide bonds. The Morgan fingerprint density at radius 1 is 1.00 bits per heavy atom. The van der Waals surface area contributed by atoms with E-state index in [1.54, 1.807) is 0 Å². The number of nitrogens with zero attached hydrogens (tertiary/aromatic N) is 3. The maximum atomic E-state index is 12.5. The molecular formula is C22H28N4O. The molecule has 2 fully saturated rings. The summed E-state index contributed by atoms with van der Waals surface area (Å²) in [5.41, 5.74) is 3.23. The van der Waals surface area contributed by atoms with Gasteiger partial charge in [-0.15, -0.1) is 10.2 Å². The first kappa shape index (κ1) is 18.0. The fourth-order valence-electron chi connectivity index (χ4n) is 4.26. The van der Waals surface area contributed by atoms with E-state index < -0.39 is 0 Å². The Morgan fingerprint density at radius 2 is 1.74 bits per heavy atom. The second kappa shape index (κ2) is 8.07. The summed E-state index contributed by atoms with van der Waals surface area (Å²) in [5.74, 6) is 1.30. The SMILES string of the molecule is Cc1ccccc1-c1ccc(N2CCC(C(=O)NC3CCCC3)CC2)nn1. The van der Waals surface area contributed by atoms with Crippen molar-refractivity contribution in [2.24, 2.45) is 5.92 Å². The lowest BCUT2D eigenvalue weighted by molar-refractivity contribution is -0.126. The van der Waals surface area contributed by atoms with Gasteiger partial charge in [0.05, 0.1) is 5.69 Å². The number of carbonyl (C=O) groups excluding carboxylic acids is 1. The summed E-state index contributed by atoms with van der Waals surface area (Å²) >= 11 is 0. The quantitative estimate of drug-likeness (QED) is 0.898. The predicted octanol–water partition coefficient (Wildman–Crippen LogP) is 3.73. The molecule has 1 saturated carbocycles. The third kappa shape index (κ3) is 4.12. The van der Waals surface area contributed by atoms with Crippen LogP contribution in [0.15, 0.2) is 36.4 Å². The zero-order valence-corrected chi connectivity index (χ0v) is 16.0. The van der Waals surface area contributed by atoms with Gasteiger partial charge in [0.15, 0.2) is 5.82 Å². The van der Waals surface area contributed by atoms with Crippen LogP contribution in [0.3, 0.4) is 0 Å². The van der Waals surface area contributed by atoms with Crippen LogP contribution in [0.1, 0.15) is 44.1 Å². The average molecular weight is 364 g/mol. The van der Waals surface area contributed by atoms with E-state index in [1.165, 1.54) is 18.4 Å². The fourth-order valence-corrected chi connectivity index (χ4v) is 4.26. The number of anilines is 1. The van der Waals surface area contributed by atoms with Crippen LogP contribution in [-0.4, -0.2) is 35.2 Å². The number of aromatic nitrogens is 2. The van der Waals surface area contributed by atoms with Crippen molar-refractivity contribution in [1.82, 2.24) is 15.5 Å². The number of hydrogen-bond acceptors (Lipinski definition) is 4. The molecule has 0 unspecified atom stereocenters. The van der Waals surface area contributed by atoms with E-state index in [9.17, 15) is 4.79 Å². The first-order valence-corrected chi connectivity index (χ1v) is 10.2. The smallest absolute Gasteiger partial charge is 0.223 e. The summed E-state index contributed by atoms with van der Waals surface area (Å²) in [6, 6.07) is 12.7. The van der Waals surface area contributed by atoms with Gasteiger partial charge in [0.25, 0.3) is 0 Å². The minimum absolute atomic E-state index is 0.140. The van der Waals surface area contributed by atoms with Crippen molar-refractivity contribution >= 4 is 11.7 Å². The van der Waals surface area contributed by atoms with Crippen molar-refractivity contribution < 1.29 is 4.79 Å². The summed E-state index contributed by atoms with van der Waals surface area (Å²) in [5, 5.41) is 12.1. The van der Waals surface area contributed by atoms with Crippen LogP contribution in [0.4, 0.5) is 5.82 Å². The van der Waals surface area contributed by atoms with E-state index in [4.69, 9.17) is 0 Å². The first-order chi connectivity index (χ1) is 13.2. The van der Waals surface area contributed by atoms with Gasteiger partial charge in [-0.2, -0.15) is 0 Å². The van der Waals surface area contributed by atoms with Crippen LogP contribution < -0.4 is 10.2 Å². The summed E-state index contributed by atoms with van der Waals surface area (Å²) in [4.78, 5) is 14.7. The first-order valence-electron chi connectivity index (χ1n) is 10.2. The molecule has 142 valence electrons. The lowest BCUT2D eigenvalue weighted by Crippen LogP contribution is -2.43. The molecular weight excluding hydrogens is 336 g/mol. The largest absolute Gasteiger partial charge is 0.355 e. The minimum Gasteiger partial charge on any atom is -0.355 e. The van der Waals surface area contributed by atoms with Gasteiger partial charge in [0, 0.05) is 30.6 Å². The average Bonchev–Trinajstić information content (AvgIpc) is 3.22. The normalized spacial score (nSPS) is 18.6. The van der Waals surface area contributed by atoms with Gasteiger partial charge < -0.3 is 10.2 Å². The lowest BCUT2D eigenvalue weighted by atomic mass is 9.95. The Hall–Kier alpha value is -2.43. The van der Waals surface area contributed by atoms with Crippen LogP contribution in [0, 0.1) is 12.8 Å².